The molecule has 1 aromatic carbocycles. The van der Waals surface area contributed by atoms with E-state index >= 15 is 0 Å². The highest BCUT2D eigenvalue weighted by atomic mass is 32.2. The molecule has 3 nitrogen and oxygen atoms in total. The van der Waals surface area contributed by atoms with Gasteiger partial charge in [-0.1, -0.05) is 25.0 Å². The first kappa shape index (κ1) is 12.6. The monoisotopic (exact) mass is 237 g/mol. The van der Waals surface area contributed by atoms with Gasteiger partial charge in [-0.15, -0.1) is 6.42 Å². The topological polar surface area (TPSA) is 46.2 Å². The minimum Gasteiger partial charge on any atom is -0.371 e. The second-order valence-corrected chi connectivity index (χ2v) is 5.68. The molecule has 1 aromatic rings. The molecule has 16 heavy (non-hydrogen) atoms. The summed E-state index contributed by atoms with van der Waals surface area (Å²) >= 11 is 0. The third-order valence-corrected chi connectivity index (χ3v) is 4.01. The fraction of sp³-hybridized carbons (Fsp3) is 0.333. The summed E-state index contributed by atoms with van der Waals surface area (Å²) in [6.45, 7) is 3.42. The lowest BCUT2D eigenvalue weighted by Gasteiger charge is -2.13. The summed E-state index contributed by atoms with van der Waals surface area (Å²) in [6, 6.07) is 6.59. The van der Waals surface area contributed by atoms with Gasteiger partial charge in [0.15, 0.2) is 9.84 Å². The summed E-state index contributed by atoms with van der Waals surface area (Å²) in [5.41, 5.74) is 0.565. The van der Waals surface area contributed by atoms with Crippen molar-refractivity contribution in [3.63, 3.8) is 0 Å². The largest absolute Gasteiger partial charge is 0.371 e. The van der Waals surface area contributed by atoms with Crippen molar-refractivity contribution in [3.05, 3.63) is 24.3 Å². The lowest BCUT2D eigenvalue weighted by atomic mass is 10.3. The zero-order valence-electron chi connectivity index (χ0n) is 9.40. The minimum atomic E-state index is -3.21. The van der Waals surface area contributed by atoms with Crippen molar-refractivity contribution in [3.8, 4) is 12.3 Å². The number of rotatable bonds is 4. The summed E-state index contributed by atoms with van der Waals surface area (Å²) in [4.78, 5) is 0.305. The third kappa shape index (κ3) is 2.77. The van der Waals surface area contributed by atoms with Crippen LogP contribution >= 0.6 is 0 Å². The summed E-state index contributed by atoms with van der Waals surface area (Å²) in [5, 5.41) is 2.99. The molecule has 4 heteroatoms. The summed E-state index contributed by atoms with van der Waals surface area (Å²) < 4.78 is 23.6. The lowest BCUT2D eigenvalue weighted by molar-refractivity contribution is 0.597. The Kier molecular flexibility index (Phi) is 3.97. The molecule has 0 heterocycles. The van der Waals surface area contributed by atoms with E-state index in [2.05, 4.69) is 11.2 Å². The highest BCUT2D eigenvalue weighted by Gasteiger charge is 2.16. The number of hydrogen-bond donors (Lipinski definition) is 1. The Balaban J connectivity index is 3.17. The van der Waals surface area contributed by atoms with Crippen LogP contribution in [-0.2, 0) is 9.84 Å². The van der Waals surface area contributed by atoms with Crippen LogP contribution in [0.5, 0.6) is 0 Å². The fourth-order valence-corrected chi connectivity index (χ4v) is 2.35. The Bertz CT molecular complexity index is 500. The Morgan fingerprint density at radius 2 is 2.06 bits per heavy atom. The van der Waals surface area contributed by atoms with Crippen LogP contribution in [0, 0.1) is 12.3 Å². The molecule has 0 aromatic heterocycles. The maximum atomic E-state index is 11.8. The Labute approximate surface area is 96.8 Å². The molecule has 0 spiro atoms. The summed E-state index contributed by atoms with van der Waals surface area (Å²) in [7, 11) is -3.21. The van der Waals surface area contributed by atoms with Gasteiger partial charge < -0.3 is 5.32 Å². The molecule has 0 aliphatic carbocycles. The predicted molar refractivity (Wildman–Crippen MR) is 66.1 cm³/mol. The Morgan fingerprint density at radius 1 is 1.44 bits per heavy atom. The average molecular weight is 237 g/mol. The average Bonchev–Trinajstić information content (AvgIpc) is 2.29. The van der Waals surface area contributed by atoms with Gasteiger partial charge in [-0.2, -0.15) is 0 Å². The number of nitrogens with one attached hydrogen (secondary N) is 1. The maximum Gasteiger partial charge on any atom is 0.180 e. The SMILES string of the molecule is C#CC(C)Nc1ccccc1S(=O)(=O)CC. The van der Waals surface area contributed by atoms with Gasteiger partial charge in [-0.05, 0) is 19.1 Å². The first-order valence-corrected chi connectivity index (χ1v) is 6.71. The summed E-state index contributed by atoms with van der Waals surface area (Å²) in [5.74, 6) is 2.58. The van der Waals surface area contributed by atoms with E-state index in [1.807, 2.05) is 0 Å². The molecular weight excluding hydrogens is 222 g/mol. The molecule has 0 amide bonds. The molecule has 1 atom stereocenters. The van der Waals surface area contributed by atoms with Gasteiger partial charge in [0.05, 0.1) is 22.4 Å². The molecule has 0 saturated heterocycles. The van der Waals surface area contributed by atoms with Crippen LogP contribution in [0.15, 0.2) is 29.2 Å². The van der Waals surface area contributed by atoms with Gasteiger partial charge in [0.25, 0.3) is 0 Å². The molecule has 0 fully saturated rings. The van der Waals surface area contributed by atoms with Gasteiger partial charge >= 0.3 is 0 Å². The van der Waals surface area contributed by atoms with Gasteiger partial charge in [-0.25, -0.2) is 8.42 Å². The third-order valence-electron chi connectivity index (χ3n) is 2.22. The molecule has 0 radical (unpaired) electrons. The van der Waals surface area contributed by atoms with Gasteiger partial charge in [0.2, 0.25) is 0 Å². The van der Waals surface area contributed by atoms with Gasteiger partial charge in [0.1, 0.15) is 0 Å². The minimum absolute atomic E-state index is 0.0795. The quantitative estimate of drug-likeness (QED) is 0.814. The molecule has 0 aliphatic heterocycles. The molecule has 0 saturated carbocycles. The van der Waals surface area contributed by atoms with Crippen molar-refractivity contribution in [1.82, 2.24) is 0 Å². The zero-order chi connectivity index (χ0) is 12.2. The van der Waals surface area contributed by atoms with Crippen LogP contribution in [0.1, 0.15) is 13.8 Å². The van der Waals surface area contributed by atoms with Gasteiger partial charge in [0, 0.05) is 0 Å². The molecule has 1 unspecified atom stereocenters. The maximum absolute atomic E-state index is 11.8. The second kappa shape index (κ2) is 5.04. The van der Waals surface area contributed by atoms with Crippen molar-refractivity contribution in [2.24, 2.45) is 0 Å². The number of anilines is 1. The normalized spacial score (nSPS) is 12.8. The Morgan fingerprint density at radius 3 is 2.62 bits per heavy atom. The van der Waals surface area contributed by atoms with Crippen molar-refractivity contribution in [2.75, 3.05) is 11.1 Å². The smallest absolute Gasteiger partial charge is 0.180 e. The molecule has 0 aliphatic rings. The molecule has 86 valence electrons. The summed E-state index contributed by atoms with van der Waals surface area (Å²) in [6.07, 6.45) is 5.25. The standard InChI is InChI=1S/C12H15NO2S/c1-4-10(3)13-11-8-6-7-9-12(11)16(14,15)5-2/h1,6-10,13H,5H2,2-3H3. The van der Waals surface area contributed by atoms with E-state index in [4.69, 9.17) is 6.42 Å². The number of sulfone groups is 1. The van der Waals surface area contributed by atoms with Crippen LogP contribution in [0.4, 0.5) is 5.69 Å². The number of hydrogen-bond acceptors (Lipinski definition) is 3. The zero-order valence-corrected chi connectivity index (χ0v) is 10.2. The van der Waals surface area contributed by atoms with Crippen molar-refractivity contribution in [1.29, 1.82) is 0 Å². The van der Waals surface area contributed by atoms with E-state index in [9.17, 15) is 8.42 Å². The fourth-order valence-electron chi connectivity index (χ4n) is 1.29. The van der Waals surface area contributed by atoms with E-state index in [1.165, 1.54) is 0 Å². The molecule has 1 N–H and O–H groups in total. The van der Waals surface area contributed by atoms with E-state index in [0.717, 1.165) is 0 Å². The lowest BCUT2D eigenvalue weighted by Crippen LogP contribution is -2.15. The van der Waals surface area contributed by atoms with E-state index in [0.29, 0.717) is 10.6 Å². The number of benzene rings is 1. The molecule has 1 rings (SSSR count). The van der Waals surface area contributed by atoms with Gasteiger partial charge in [-0.3, -0.25) is 0 Å². The molecule has 0 bridgehead atoms. The van der Waals surface area contributed by atoms with Crippen LogP contribution in [0.25, 0.3) is 0 Å². The highest BCUT2D eigenvalue weighted by molar-refractivity contribution is 7.91. The van der Waals surface area contributed by atoms with Crippen LogP contribution in [0.3, 0.4) is 0 Å². The highest BCUT2D eigenvalue weighted by Crippen LogP contribution is 2.22. The van der Waals surface area contributed by atoms with E-state index < -0.39 is 9.84 Å². The molecular formula is C12H15NO2S. The number of terminal acetylenes is 1. The van der Waals surface area contributed by atoms with Crippen LogP contribution in [-0.4, -0.2) is 20.2 Å². The second-order valence-electron chi connectivity index (χ2n) is 3.43. The first-order valence-electron chi connectivity index (χ1n) is 5.05. The first-order chi connectivity index (χ1) is 7.51. The number of para-hydroxylation sites is 1. The van der Waals surface area contributed by atoms with Crippen molar-refractivity contribution in [2.45, 2.75) is 24.8 Å². The van der Waals surface area contributed by atoms with Crippen LogP contribution < -0.4 is 5.32 Å². The Hall–Kier alpha value is -1.47. The predicted octanol–water partition coefficient (Wildman–Crippen LogP) is 1.91. The van der Waals surface area contributed by atoms with Crippen LogP contribution in [0.2, 0.25) is 0 Å². The van der Waals surface area contributed by atoms with E-state index in [1.54, 1.807) is 38.1 Å². The van der Waals surface area contributed by atoms with Crippen molar-refractivity contribution >= 4 is 15.5 Å². The van der Waals surface area contributed by atoms with Crippen molar-refractivity contribution < 1.29 is 8.42 Å². The van der Waals surface area contributed by atoms with E-state index in [-0.39, 0.29) is 11.8 Å².